The normalized spacial score (nSPS) is 20.1. The number of carbonyl (C=O) groups is 1. The van der Waals surface area contributed by atoms with Crippen molar-refractivity contribution in [2.24, 2.45) is 5.73 Å². The van der Waals surface area contributed by atoms with Gasteiger partial charge in [-0.25, -0.2) is 0 Å². The summed E-state index contributed by atoms with van der Waals surface area (Å²) in [6, 6.07) is 2.22. The minimum absolute atomic E-state index is 0.0551. The second-order valence-corrected chi connectivity index (χ2v) is 7.07. The molecule has 22 heavy (non-hydrogen) atoms. The number of nitrogens with two attached hydrogens (primary N) is 1. The monoisotopic (exact) mass is 308 g/mol. The van der Waals surface area contributed by atoms with Crippen LogP contribution in [-0.2, 0) is 10.2 Å². The van der Waals surface area contributed by atoms with Gasteiger partial charge in [-0.15, -0.1) is 0 Å². The third-order valence-electron chi connectivity index (χ3n) is 4.14. The molecule has 124 valence electrons. The van der Waals surface area contributed by atoms with Gasteiger partial charge < -0.3 is 10.3 Å². The van der Waals surface area contributed by atoms with E-state index in [0.717, 1.165) is 31.5 Å². The topological polar surface area (TPSA) is 84.4 Å². The number of rotatable bonds is 5. The van der Waals surface area contributed by atoms with Crippen molar-refractivity contribution in [1.82, 2.24) is 10.1 Å². The van der Waals surface area contributed by atoms with E-state index < -0.39 is 0 Å². The van der Waals surface area contributed by atoms with E-state index in [1.165, 1.54) is 6.42 Å². The van der Waals surface area contributed by atoms with Crippen molar-refractivity contribution < 1.29 is 9.32 Å². The fraction of sp³-hybridized carbons (Fsp3) is 0.750. The van der Waals surface area contributed by atoms with Gasteiger partial charge >= 0.3 is 0 Å². The molecule has 6 heteroatoms. The molecule has 6 nitrogen and oxygen atoms in total. The molecule has 0 spiro atoms. The maximum Gasteiger partial charge on any atom is 0.240 e. The minimum Gasteiger partial charge on any atom is -0.338 e. The van der Waals surface area contributed by atoms with Gasteiger partial charge in [-0.1, -0.05) is 32.3 Å². The molecular weight excluding hydrogens is 280 g/mol. The summed E-state index contributed by atoms with van der Waals surface area (Å²) >= 11 is 0. The van der Waals surface area contributed by atoms with Gasteiger partial charge in [-0.05, 0) is 32.4 Å². The largest absolute Gasteiger partial charge is 0.338 e. The molecular formula is C16H28N4O2. The second-order valence-electron chi connectivity index (χ2n) is 7.07. The molecule has 1 saturated heterocycles. The predicted octanol–water partition coefficient (Wildman–Crippen LogP) is 2.11. The Morgan fingerprint density at radius 1 is 1.50 bits per heavy atom. The van der Waals surface area contributed by atoms with E-state index >= 15 is 0 Å². The zero-order valence-corrected chi connectivity index (χ0v) is 13.9. The van der Waals surface area contributed by atoms with Crippen LogP contribution < -0.4 is 11.1 Å². The molecule has 0 aliphatic carbocycles. The standard InChI is InChI=1S/C16H28N4O2/c1-16(2,3)13-10-15(22-19-13)18-14(21)11-20-9-5-4-6-12(20)7-8-17/h10,12H,4-9,11,17H2,1-3H3,(H,18,21). The van der Waals surface area contributed by atoms with Crippen LogP contribution in [-0.4, -0.2) is 41.6 Å². The molecule has 1 aliphatic rings. The van der Waals surface area contributed by atoms with Gasteiger partial charge in [0.15, 0.2) is 0 Å². The molecule has 1 aliphatic heterocycles. The van der Waals surface area contributed by atoms with Gasteiger partial charge in [0.2, 0.25) is 11.8 Å². The molecule has 0 bridgehead atoms. The Morgan fingerprint density at radius 2 is 2.27 bits per heavy atom. The average Bonchev–Trinajstić information content (AvgIpc) is 2.89. The van der Waals surface area contributed by atoms with E-state index in [-0.39, 0.29) is 11.3 Å². The van der Waals surface area contributed by atoms with Crippen molar-refractivity contribution in [2.75, 3.05) is 25.0 Å². The molecule has 0 radical (unpaired) electrons. The summed E-state index contributed by atoms with van der Waals surface area (Å²) in [4.78, 5) is 14.4. The molecule has 3 N–H and O–H groups in total. The second kappa shape index (κ2) is 7.24. The van der Waals surface area contributed by atoms with Crippen LogP contribution in [0.3, 0.4) is 0 Å². The Balaban J connectivity index is 1.90. The Morgan fingerprint density at radius 3 is 2.91 bits per heavy atom. The number of amides is 1. The van der Waals surface area contributed by atoms with Crippen LogP contribution in [0.5, 0.6) is 0 Å². The van der Waals surface area contributed by atoms with Crippen molar-refractivity contribution in [3.8, 4) is 0 Å². The molecule has 1 fully saturated rings. The minimum atomic E-state index is -0.0917. The Hall–Kier alpha value is -1.40. The van der Waals surface area contributed by atoms with Crippen molar-refractivity contribution in [3.63, 3.8) is 0 Å². The van der Waals surface area contributed by atoms with E-state index in [9.17, 15) is 4.79 Å². The fourth-order valence-corrected chi connectivity index (χ4v) is 2.84. The third kappa shape index (κ3) is 4.55. The summed E-state index contributed by atoms with van der Waals surface area (Å²) in [6.45, 7) is 8.18. The van der Waals surface area contributed by atoms with Gasteiger partial charge in [0.1, 0.15) is 0 Å². The molecule has 1 aromatic rings. The number of nitrogens with one attached hydrogen (secondary N) is 1. The molecule has 2 rings (SSSR count). The van der Waals surface area contributed by atoms with Crippen LogP contribution in [0.1, 0.15) is 52.1 Å². The number of nitrogens with zero attached hydrogens (tertiary/aromatic N) is 2. The summed E-state index contributed by atoms with van der Waals surface area (Å²) in [5.41, 5.74) is 6.41. The maximum atomic E-state index is 12.2. The molecule has 1 amide bonds. The highest BCUT2D eigenvalue weighted by Gasteiger charge is 2.24. The number of hydrogen-bond donors (Lipinski definition) is 2. The first kappa shape index (κ1) is 17.0. The van der Waals surface area contributed by atoms with E-state index in [2.05, 4.69) is 36.1 Å². The van der Waals surface area contributed by atoms with Crippen molar-refractivity contribution in [3.05, 3.63) is 11.8 Å². The SMILES string of the molecule is CC(C)(C)c1cc(NC(=O)CN2CCCCC2CCN)on1. The lowest BCUT2D eigenvalue weighted by Crippen LogP contribution is -2.44. The number of aromatic nitrogens is 1. The van der Waals surface area contributed by atoms with E-state index in [0.29, 0.717) is 25.0 Å². The summed E-state index contributed by atoms with van der Waals surface area (Å²) < 4.78 is 5.20. The molecule has 0 aromatic carbocycles. The first-order valence-electron chi connectivity index (χ1n) is 8.11. The quantitative estimate of drug-likeness (QED) is 0.870. The fourth-order valence-electron chi connectivity index (χ4n) is 2.84. The van der Waals surface area contributed by atoms with Crippen LogP contribution in [0.2, 0.25) is 0 Å². The number of anilines is 1. The summed E-state index contributed by atoms with van der Waals surface area (Å²) in [5.74, 6) is 0.364. The zero-order chi connectivity index (χ0) is 16.2. The molecule has 1 aromatic heterocycles. The van der Waals surface area contributed by atoms with Crippen LogP contribution in [0.4, 0.5) is 5.88 Å². The van der Waals surface area contributed by atoms with Gasteiger partial charge in [0, 0.05) is 17.5 Å². The van der Waals surface area contributed by atoms with Crippen molar-refractivity contribution >= 4 is 11.8 Å². The molecule has 2 heterocycles. The zero-order valence-electron chi connectivity index (χ0n) is 13.9. The van der Waals surface area contributed by atoms with Crippen LogP contribution in [0.25, 0.3) is 0 Å². The van der Waals surface area contributed by atoms with Crippen molar-refractivity contribution in [2.45, 2.75) is 57.9 Å². The summed E-state index contributed by atoms with van der Waals surface area (Å²) in [5, 5.41) is 6.82. The molecule has 1 unspecified atom stereocenters. The maximum absolute atomic E-state index is 12.2. The highest BCUT2D eigenvalue weighted by molar-refractivity contribution is 5.91. The van der Waals surface area contributed by atoms with Gasteiger partial charge in [-0.3, -0.25) is 15.0 Å². The number of hydrogen-bond acceptors (Lipinski definition) is 5. The van der Waals surface area contributed by atoms with Crippen molar-refractivity contribution in [1.29, 1.82) is 0 Å². The first-order chi connectivity index (χ1) is 10.4. The Labute approximate surface area is 132 Å². The lowest BCUT2D eigenvalue weighted by molar-refractivity contribution is -0.118. The molecule has 0 saturated carbocycles. The third-order valence-corrected chi connectivity index (χ3v) is 4.14. The first-order valence-corrected chi connectivity index (χ1v) is 8.11. The highest BCUT2D eigenvalue weighted by Crippen LogP contribution is 2.24. The smallest absolute Gasteiger partial charge is 0.240 e. The van der Waals surface area contributed by atoms with Crippen LogP contribution in [0.15, 0.2) is 10.6 Å². The average molecular weight is 308 g/mol. The lowest BCUT2D eigenvalue weighted by Gasteiger charge is -2.34. The Kier molecular flexibility index (Phi) is 5.58. The number of carbonyl (C=O) groups excluding carboxylic acids is 1. The van der Waals surface area contributed by atoms with Gasteiger partial charge in [-0.2, -0.15) is 0 Å². The summed E-state index contributed by atoms with van der Waals surface area (Å²) in [7, 11) is 0. The van der Waals surface area contributed by atoms with Crippen LogP contribution >= 0.6 is 0 Å². The predicted molar refractivity (Wildman–Crippen MR) is 86.7 cm³/mol. The van der Waals surface area contributed by atoms with E-state index in [1.54, 1.807) is 6.07 Å². The Bertz CT molecular complexity index is 491. The molecule has 1 atom stereocenters. The van der Waals surface area contributed by atoms with Crippen LogP contribution in [0, 0.1) is 0 Å². The number of piperidine rings is 1. The number of likely N-dealkylation sites (tertiary alicyclic amines) is 1. The van der Waals surface area contributed by atoms with Gasteiger partial charge in [0.05, 0.1) is 12.2 Å². The van der Waals surface area contributed by atoms with E-state index in [1.807, 2.05) is 0 Å². The van der Waals surface area contributed by atoms with Gasteiger partial charge in [0.25, 0.3) is 0 Å². The highest BCUT2D eigenvalue weighted by atomic mass is 16.5. The van der Waals surface area contributed by atoms with E-state index in [4.69, 9.17) is 10.3 Å². The lowest BCUT2D eigenvalue weighted by atomic mass is 9.92. The summed E-state index contributed by atoms with van der Waals surface area (Å²) in [6.07, 6.45) is 4.44.